The molecule has 118 valence electrons. The molecule has 1 aliphatic carbocycles. The van der Waals surface area contributed by atoms with Gasteiger partial charge in [-0.25, -0.2) is 0 Å². The van der Waals surface area contributed by atoms with Gasteiger partial charge in [0.15, 0.2) is 0 Å². The van der Waals surface area contributed by atoms with E-state index >= 15 is 0 Å². The summed E-state index contributed by atoms with van der Waals surface area (Å²) in [5.74, 6) is 1.70. The van der Waals surface area contributed by atoms with E-state index in [1.54, 1.807) is 7.11 Å². The Balaban J connectivity index is 1.86. The van der Waals surface area contributed by atoms with E-state index in [1.165, 1.54) is 31.2 Å². The summed E-state index contributed by atoms with van der Waals surface area (Å²) in [6, 6.07) is 6.38. The Morgan fingerprint density at radius 1 is 1.24 bits per heavy atom. The summed E-state index contributed by atoms with van der Waals surface area (Å²) in [5.41, 5.74) is 2.45. The molecule has 0 radical (unpaired) electrons. The first kappa shape index (κ1) is 16.3. The lowest BCUT2D eigenvalue weighted by Crippen LogP contribution is -2.14. The van der Waals surface area contributed by atoms with Gasteiger partial charge in [0.05, 0.1) is 13.7 Å². The molecule has 1 aromatic rings. The molecule has 0 spiro atoms. The van der Waals surface area contributed by atoms with Gasteiger partial charge in [-0.1, -0.05) is 25.8 Å². The quantitative estimate of drug-likeness (QED) is 0.700. The van der Waals surface area contributed by atoms with E-state index in [0.29, 0.717) is 6.61 Å². The Labute approximate surface area is 129 Å². The third-order valence-corrected chi connectivity index (χ3v) is 4.19. The summed E-state index contributed by atoms with van der Waals surface area (Å²) < 4.78 is 11.4. The number of hydrogen-bond donors (Lipinski definition) is 1. The largest absolute Gasteiger partial charge is 0.496 e. The van der Waals surface area contributed by atoms with Crippen molar-refractivity contribution in [3.8, 4) is 5.75 Å². The Hall–Kier alpha value is -1.06. The van der Waals surface area contributed by atoms with Gasteiger partial charge in [0.1, 0.15) is 5.75 Å². The van der Waals surface area contributed by atoms with Crippen LogP contribution in [0.2, 0.25) is 0 Å². The summed E-state index contributed by atoms with van der Waals surface area (Å²) in [4.78, 5) is 0. The summed E-state index contributed by atoms with van der Waals surface area (Å²) in [5, 5.41) is 3.44. The Bertz CT molecular complexity index is 414. The van der Waals surface area contributed by atoms with E-state index in [4.69, 9.17) is 9.47 Å². The Morgan fingerprint density at radius 2 is 2.05 bits per heavy atom. The van der Waals surface area contributed by atoms with Gasteiger partial charge in [-0.05, 0) is 49.4 Å². The zero-order valence-corrected chi connectivity index (χ0v) is 13.5. The molecule has 1 aromatic carbocycles. The summed E-state index contributed by atoms with van der Waals surface area (Å²) >= 11 is 0. The maximum Gasteiger partial charge on any atom is 0.124 e. The van der Waals surface area contributed by atoms with Gasteiger partial charge in [-0.15, -0.1) is 0 Å². The van der Waals surface area contributed by atoms with Crippen molar-refractivity contribution in [2.75, 3.05) is 20.3 Å². The monoisotopic (exact) mass is 291 g/mol. The molecule has 0 saturated heterocycles. The third kappa shape index (κ3) is 5.33. The van der Waals surface area contributed by atoms with Crippen molar-refractivity contribution in [1.29, 1.82) is 0 Å². The van der Waals surface area contributed by atoms with E-state index in [0.717, 1.165) is 43.3 Å². The minimum Gasteiger partial charge on any atom is -0.496 e. The van der Waals surface area contributed by atoms with Gasteiger partial charge < -0.3 is 14.8 Å². The topological polar surface area (TPSA) is 30.5 Å². The fourth-order valence-corrected chi connectivity index (χ4v) is 2.98. The molecule has 2 rings (SSSR count). The number of ether oxygens (including phenoxy) is 2. The smallest absolute Gasteiger partial charge is 0.124 e. The summed E-state index contributed by atoms with van der Waals surface area (Å²) in [6.45, 7) is 5.69. The number of rotatable bonds is 9. The van der Waals surface area contributed by atoms with Crippen molar-refractivity contribution in [3.63, 3.8) is 0 Å². The molecule has 0 amide bonds. The van der Waals surface area contributed by atoms with Crippen molar-refractivity contribution < 1.29 is 9.47 Å². The molecular formula is C18H29NO2. The van der Waals surface area contributed by atoms with Crippen molar-refractivity contribution in [2.24, 2.45) is 5.92 Å². The lowest BCUT2D eigenvalue weighted by molar-refractivity contribution is 0.0874. The standard InChI is InChI=1S/C18H29NO2/c1-3-10-19-12-16-8-9-18(20-2)17(11-16)14-21-13-15-6-4-5-7-15/h8-9,11,15,19H,3-7,10,12-14H2,1-2H3. The highest BCUT2D eigenvalue weighted by atomic mass is 16.5. The van der Waals surface area contributed by atoms with Crippen LogP contribution in [-0.4, -0.2) is 20.3 Å². The van der Waals surface area contributed by atoms with Crippen LogP contribution in [0.3, 0.4) is 0 Å². The Morgan fingerprint density at radius 3 is 2.76 bits per heavy atom. The van der Waals surface area contributed by atoms with Crippen molar-refractivity contribution in [3.05, 3.63) is 29.3 Å². The molecule has 3 nitrogen and oxygen atoms in total. The van der Waals surface area contributed by atoms with E-state index in [2.05, 4.69) is 30.4 Å². The molecule has 1 N–H and O–H groups in total. The number of nitrogens with one attached hydrogen (secondary N) is 1. The molecule has 0 bridgehead atoms. The van der Waals surface area contributed by atoms with Gasteiger partial charge in [-0.3, -0.25) is 0 Å². The maximum atomic E-state index is 5.93. The first-order valence-electron chi connectivity index (χ1n) is 8.27. The SMILES string of the molecule is CCCNCc1ccc(OC)c(COCC2CCCC2)c1. The molecule has 1 fully saturated rings. The zero-order valence-electron chi connectivity index (χ0n) is 13.5. The van der Waals surface area contributed by atoms with Crippen LogP contribution in [0.4, 0.5) is 0 Å². The van der Waals surface area contributed by atoms with E-state index in [9.17, 15) is 0 Å². The van der Waals surface area contributed by atoms with E-state index < -0.39 is 0 Å². The number of hydrogen-bond acceptors (Lipinski definition) is 3. The van der Waals surface area contributed by atoms with Crippen LogP contribution in [0.15, 0.2) is 18.2 Å². The molecule has 0 atom stereocenters. The summed E-state index contributed by atoms with van der Waals surface area (Å²) in [6.07, 6.45) is 6.57. The highest BCUT2D eigenvalue weighted by Crippen LogP contribution is 2.26. The van der Waals surface area contributed by atoms with Crippen LogP contribution < -0.4 is 10.1 Å². The molecule has 0 unspecified atom stereocenters. The molecule has 0 aromatic heterocycles. The van der Waals surface area contributed by atoms with Crippen LogP contribution >= 0.6 is 0 Å². The zero-order chi connectivity index (χ0) is 14.9. The molecular weight excluding hydrogens is 262 g/mol. The molecule has 3 heteroatoms. The second-order valence-electron chi connectivity index (χ2n) is 5.99. The van der Waals surface area contributed by atoms with Gasteiger partial charge in [0.2, 0.25) is 0 Å². The van der Waals surface area contributed by atoms with Gasteiger partial charge in [0.25, 0.3) is 0 Å². The average Bonchev–Trinajstić information content (AvgIpc) is 3.01. The molecule has 0 heterocycles. The highest BCUT2D eigenvalue weighted by Gasteiger charge is 2.15. The van der Waals surface area contributed by atoms with Crippen molar-refractivity contribution in [1.82, 2.24) is 5.32 Å². The average molecular weight is 291 g/mol. The van der Waals surface area contributed by atoms with Crippen LogP contribution in [-0.2, 0) is 17.9 Å². The number of benzene rings is 1. The highest BCUT2D eigenvalue weighted by molar-refractivity contribution is 5.36. The van der Waals surface area contributed by atoms with Gasteiger partial charge in [0, 0.05) is 18.7 Å². The summed E-state index contributed by atoms with van der Waals surface area (Å²) in [7, 11) is 1.73. The molecule has 1 aliphatic rings. The first-order valence-corrected chi connectivity index (χ1v) is 8.27. The Kier molecular flexibility index (Phi) is 7.04. The van der Waals surface area contributed by atoms with Crippen LogP contribution in [0, 0.1) is 5.92 Å². The molecule has 1 saturated carbocycles. The van der Waals surface area contributed by atoms with Crippen molar-refractivity contribution >= 4 is 0 Å². The predicted molar refractivity (Wildman–Crippen MR) is 86.6 cm³/mol. The van der Waals surface area contributed by atoms with Crippen LogP contribution in [0.5, 0.6) is 5.75 Å². The third-order valence-electron chi connectivity index (χ3n) is 4.19. The minimum absolute atomic E-state index is 0.654. The second kappa shape index (κ2) is 9.06. The molecule has 0 aliphatic heterocycles. The first-order chi connectivity index (χ1) is 10.3. The number of methoxy groups -OCH3 is 1. The lowest BCUT2D eigenvalue weighted by atomic mass is 10.1. The van der Waals surface area contributed by atoms with Crippen LogP contribution in [0.1, 0.15) is 50.2 Å². The predicted octanol–water partition coefficient (Wildman–Crippen LogP) is 3.90. The lowest BCUT2D eigenvalue weighted by Gasteiger charge is -2.14. The van der Waals surface area contributed by atoms with E-state index in [1.807, 2.05) is 0 Å². The van der Waals surface area contributed by atoms with E-state index in [-0.39, 0.29) is 0 Å². The fraction of sp³-hybridized carbons (Fsp3) is 0.667. The fourth-order valence-electron chi connectivity index (χ4n) is 2.98. The van der Waals surface area contributed by atoms with Gasteiger partial charge >= 0.3 is 0 Å². The second-order valence-corrected chi connectivity index (χ2v) is 5.99. The molecule has 21 heavy (non-hydrogen) atoms. The normalized spacial score (nSPS) is 15.5. The van der Waals surface area contributed by atoms with Crippen LogP contribution in [0.25, 0.3) is 0 Å². The van der Waals surface area contributed by atoms with Gasteiger partial charge in [-0.2, -0.15) is 0 Å². The minimum atomic E-state index is 0.654. The maximum absolute atomic E-state index is 5.93. The van der Waals surface area contributed by atoms with Crippen molar-refractivity contribution in [2.45, 2.75) is 52.2 Å².